The maximum atomic E-state index is 12.0. The molecule has 102 valence electrons. The predicted molar refractivity (Wildman–Crippen MR) is 73.7 cm³/mol. The van der Waals surface area contributed by atoms with Crippen LogP contribution in [0.15, 0.2) is 22.6 Å². The highest BCUT2D eigenvalue weighted by molar-refractivity contribution is 7.99. The molecular formula is C13H17N3O2S. The van der Waals surface area contributed by atoms with Crippen LogP contribution in [-0.4, -0.2) is 34.5 Å². The number of hydrogen-bond acceptors (Lipinski definition) is 5. The second-order valence-electron chi connectivity index (χ2n) is 5.01. The molecule has 1 N–H and O–H groups in total. The third-order valence-electron chi connectivity index (χ3n) is 3.45. The van der Waals surface area contributed by atoms with Gasteiger partial charge in [-0.15, -0.1) is 0 Å². The van der Waals surface area contributed by atoms with E-state index >= 15 is 0 Å². The smallest absolute Gasteiger partial charge is 0.273 e. The number of hydrogen-bond donors (Lipinski definition) is 1. The molecule has 1 aliphatic carbocycles. The van der Waals surface area contributed by atoms with Gasteiger partial charge >= 0.3 is 0 Å². The van der Waals surface area contributed by atoms with Crippen molar-refractivity contribution in [1.29, 1.82) is 0 Å². The molecule has 0 bridgehead atoms. The molecule has 0 aromatic carbocycles. The Balaban J connectivity index is 1.54. The molecule has 3 rings (SSSR count). The molecule has 6 heteroatoms. The minimum Gasteiger partial charge on any atom is -0.360 e. The van der Waals surface area contributed by atoms with Gasteiger partial charge in [0.05, 0.1) is 0 Å². The normalized spacial score (nSPS) is 23.5. The van der Waals surface area contributed by atoms with Gasteiger partial charge in [0, 0.05) is 31.1 Å². The highest BCUT2D eigenvalue weighted by Crippen LogP contribution is 2.40. The van der Waals surface area contributed by atoms with Crippen molar-refractivity contribution in [2.75, 3.05) is 13.1 Å². The zero-order valence-corrected chi connectivity index (χ0v) is 11.5. The number of nitrogens with zero attached hydrogens (tertiary/aromatic N) is 2. The molecule has 1 saturated heterocycles. The van der Waals surface area contributed by atoms with E-state index in [9.17, 15) is 4.79 Å². The van der Waals surface area contributed by atoms with Crippen LogP contribution in [-0.2, 0) is 0 Å². The Labute approximate surface area is 116 Å². The first-order valence-corrected chi connectivity index (χ1v) is 7.40. The maximum Gasteiger partial charge on any atom is 0.273 e. The van der Waals surface area contributed by atoms with E-state index in [2.05, 4.69) is 21.4 Å². The molecule has 1 amide bonds. The van der Waals surface area contributed by atoms with Crippen LogP contribution in [0.3, 0.4) is 0 Å². The van der Waals surface area contributed by atoms with Gasteiger partial charge in [0.2, 0.25) is 0 Å². The topological polar surface area (TPSA) is 58.4 Å². The van der Waals surface area contributed by atoms with Crippen LogP contribution in [0.25, 0.3) is 0 Å². The summed E-state index contributed by atoms with van der Waals surface area (Å²) in [5.41, 5.74) is 0.400. The van der Waals surface area contributed by atoms with Crippen molar-refractivity contribution in [2.45, 2.75) is 31.2 Å². The lowest BCUT2D eigenvalue weighted by molar-refractivity contribution is 0.0930. The molecule has 2 fully saturated rings. The number of carbonyl (C=O) groups excluding carboxylic acids is 1. The van der Waals surface area contributed by atoms with Gasteiger partial charge in [-0.1, -0.05) is 23.7 Å². The number of carbonyl (C=O) groups is 1. The Hall–Kier alpha value is -1.27. The second kappa shape index (κ2) is 5.38. The van der Waals surface area contributed by atoms with Crippen LogP contribution in [0.2, 0.25) is 0 Å². The molecule has 0 radical (unpaired) electrons. The summed E-state index contributed by atoms with van der Waals surface area (Å²) >= 11 is 1.59. The number of aromatic nitrogens is 1. The quantitative estimate of drug-likeness (QED) is 0.837. The van der Waals surface area contributed by atoms with Crippen molar-refractivity contribution in [2.24, 2.45) is 0 Å². The van der Waals surface area contributed by atoms with Crippen molar-refractivity contribution in [3.05, 3.63) is 29.5 Å². The highest BCUT2D eigenvalue weighted by atomic mass is 32.2. The van der Waals surface area contributed by atoms with Crippen LogP contribution >= 0.6 is 11.9 Å². The van der Waals surface area contributed by atoms with Crippen molar-refractivity contribution < 1.29 is 9.32 Å². The summed E-state index contributed by atoms with van der Waals surface area (Å²) in [5.74, 6) is 1.20. The first-order chi connectivity index (χ1) is 9.26. The Kier molecular flexibility index (Phi) is 3.61. The van der Waals surface area contributed by atoms with Gasteiger partial charge in [-0.25, -0.2) is 4.31 Å². The fraction of sp³-hybridized carbons (Fsp3) is 0.538. The maximum absolute atomic E-state index is 12.0. The molecule has 1 aromatic heterocycles. The van der Waals surface area contributed by atoms with Gasteiger partial charge in [-0.05, 0) is 24.7 Å². The summed E-state index contributed by atoms with van der Waals surface area (Å²) in [6.45, 7) is 5.50. The van der Waals surface area contributed by atoms with Gasteiger partial charge in [0.1, 0.15) is 5.76 Å². The SMILES string of the molecule is C=CSN1CCC(NC(=O)c2cc(C3CC3)on2)C1. The minimum absolute atomic E-state index is 0.133. The van der Waals surface area contributed by atoms with Crippen LogP contribution in [0.5, 0.6) is 0 Å². The summed E-state index contributed by atoms with van der Waals surface area (Å²) in [7, 11) is 0. The Morgan fingerprint density at radius 1 is 1.58 bits per heavy atom. The molecule has 0 spiro atoms. The van der Waals surface area contributed by atoms with E-state index in [1.165, 1.54) is 0 Å². The standard InChI is InChI=1S/C13H17N3O2S/c1-2-19-16-6-5-10(8-16)14-13(17)11-7-12(18-15-11)9-3-4-9/h2,7,9-10H,1,3-6,8H2,(H,14,17). The zero-order valence-electron chi connectivity index (χ0n) is 10.7. The molecule has 2 aliphatic rings. The zero-order chi connectivity index (χ0) is 13.2. The monoisotopic (exact) mass is 279 g/mol. The lowest BCUT2D eigenvalue weighted by Crippen LogP contribution is -2.36. The molecule has 1 aromatic rings. The van der Waals surface area contributed by atoms with Crippen LogP contribution in [0.4, 0.5) is 0 Å². The Morgan fingerprint density at radius 2 is 2.42 bits per heavy atom. The summed E-state index contributed by atoms with van der Waals surface area (Å²) in [4.78, 5) is 12.0. The van der Waals surface area contributed by atoms with E-state index in [-0.39, 0.29) is 11.9 Å². The van der Waals surface area contributed by atoms with Crippen LogP contribution in [0.1, 0.15) is 41.4 Å². The predicted octanol–water partition coefficient (Wildman–Crippen LogP) is 2.15. The minimum atomic E-state index is -0.133. The molecule has 1 atom stereocenters. The van der Waals surface area contributed by atoms with E-state index in [0.29, 0.717) is 11.6 Å². The van der Waals surface area contributed by atoms with E-state index in [1.54, 1.807) is 18.0 Å². The van der Waals surface area contributed by atoms with Gasteiger partial charge in [-0.2, -0.15) is 0 Å². The molecule has 1 aliphatic heterocycles. The first kappa shape index (κ1) is 12.7. The third-order valence-corrected chi connectivity index (χ3v) is 4.23. The first-order valence-electron chi connectivity index (χ1n) is 6.56. The van der Waals surface area contributed by atoms with E-state index < -0.39 is 0 Å². The molecule has 1 unspecified atom stereocenters. The van der Waals surface area contributed by atoms with Crippen molar-refractivity contribution in [3.63, 3.8) is 0 Å². The van der Waals surface area contributed by atoms with Crippen LogP contribution in [0, 0.1) is 0 Å². The summed E-state index contributed by atoms with van der Waals surface area (Å²) in [6, 6.07) is 1.96. The Morgan fingerprint density at radius 3 is 3.16 bits per heavy atom. The van der Waals surface area contributed by atoms with Crippen LogP contribution < -0.4 is 5.32 Å². The summed E-state index contributed by atoms with van der Waals surface area (Å²) in [5, 5.41) is 8.67. The highest BCUT2D eigenvalue weighted by Gasteiger charge is 2.30. The fourth-order valence-electron chi connectivity index (χ4n) is 2.26. The van der Waals surface area contributed by atoms with E-state index in [1.807, 2.05) is 5.41 Å². The average molecular weight is 279 g/mol. The van der Waals surface area contributed by atoms with Gasteiger partial charge in [0.15, 0.2) is 5.69 Å². The van der Waals surface area contributed by atoms with Gasteiger partial charge < -0.3 is 9.84 Å². The lowest BCUT2D eigenvalue weighted by atomic mass is 10.2. The molecule has 5 nitrogen and oxygen atoms in total. The lowest BCUT2D eigenvalue weighted by Gasteiger charge is -2.12. The fourth-order valence-corrected chi connectivity index (χ4v) is 2.95. The molecule has 2 heterocycles. The summed E-state index contributed by atoms with van der Waals surface area (Å²) in [6.07, 6.45) is 3.25. The Bertz CT molecular complexity index is 484. The number of amides is 1. The summed E-state index contributed by atoms with van der Waals surface area (Å²) < 4.78 is 7.39. The van der Waals surface area contributed by atoms with Gasteiger partial charge in [0.25, 0.3) is 5.91 Å². The third kappa shape index (κ3) is 3.01. The number of nitrogens with one attached hydrogen (secondary N) is 1. The molecule has 1 saturated carbocycles. The van der Waals surface area contributed by atoms with E-state index in [4.69, 9.17) is 4.52 Å². The molecule has 19 heavy (non-hydrogen) atoms. The largest absolute Gasteiger partial charge is 0.360 e. The number of rotatable bonds is 5. The van der Waals surface area contributed by atoms with Crippen molar-refractivity contribution in [3.8, 4) is 0 Å². The van der Waals surface area contributed by atoms with Crippen molar-refractivity contribution in [1.82, 2.24) is 14.8 Å². The van der Waals surface area contributed by atoms with E-state index in [0.717, 1.165) is 38.1 Å². The van der Waals surface area contributed by atoms with Crippen molar-refractivity contribution >= 4 is 17.9 Å². The molecular weight excluding hydrogens is 262 g/mol. The average Bonchev–Trinajstić information content (AvgIpc) is 2.96. The van der Waals surface area contributed by atoms with Gasteiger partial charge in [-0.3, -0.25) is 4.79 Å². The second-order valence-corrected chi connectivity index (χ2v) is 6.07.